The van der Waals surface area contributed by atoms with E-state index in [4.69, 9.17) is 9.73 Å². The van der Waals surface area contributed by atoms with Crippen LogP contribution in [0, 0.1) is 0 Å². The van der Waals surface area contributed by atoms with E-state index in [1.54, 1.807) is 0 Å². The molecule has 2 aromatic rings. The minimum Gasteiger partial charge on any atom is -0.478 e. The second-order valence-electron chi connectivity index (χ2n) is 6.67. The Kier molecular flexibility index (Phi) is 5.22. The molecule has 5 nitrogen and oxygen atoms in total. The summed E-state index contributed by atoms with van der Waals surface area (Å²) < 4.78 is 6.32. The Hall–Kier alpha value is -2.60. The minimum atomic E-state index is -0.228. The topological polar surface area (TPSA) is 53.9 Å². The summed E-state index contributed by atoms with van der Waals surface area (Å²) in [5.74, 6) is 0.581. The lowest BCUT2D eigenvalue weighted by molar-refractivity contribution is -0.113. The van der Waals surface area contributed by atoms with Gasteiger partial charge in [0, 0.05) is 35.6 Å². The highest BCUT2D eigenvalue weighted by molar-refractivity contribution is 9.09. The number of alkyl halides is 1. The lowest BCUT2D eigenvalue weighted by Crippen LogP contribution is -2.32. The molecule has 0 bridgehead atoms. The summed E-state index contributed by atoms with van der Waals surface area (Å²) in [4.78, 5) is 19.1. The van der Waals surface area contributed by atoms with Gasteiger partial charge in [0.25, 0.3) is 0 Å². The zero-order valence-electron chi connectivity index (χ0n) is 15.9. The van der Waals surface area contributed by atoms with Gasteiger partial charge in [-0.05, 0) is 32.1 Å². The van der Waals surface area contributed by atoms with Crippen LogP contribution in [0.4, 0.5) is 11.4 Å². The quantitative estimate of drug-likeness (QED) is 0.680. The Bertz CT molecular complexity index is 1020. The van der Waals surface area contributed by atoms with E-state index in [1.807, 2.05) is 36.4 Å². The van der Waals surface area contributed by atoms with E-state index in [1.165, 1.54) is 0 Å². The third-order valence-electron chi connectivity index (χ3n) is 5.04. The molecule has 0 saturated carbocycles. The maximum Gasteiger partial charge on any atom is 0.235 e. The zero-order chi connectivity index (χ0) is 19.7. The summed E-state index contributed by atoms with van der Waals surface area (Å²) in [6, 6.07) is 9.80. The van der Waals surface area contributed by atoms with Gasteiger partial charge in [-0.2, -0.15) is 0 Å². The first-order chi connectivity index (χ1) is 13.6. The number of anilines is 1. The fraction of sp³-hybridized carbons (Fsp3) is 0.273. The highest BCUT2D eigenvalue weighted by Crippen LogP contribution is 2.44. The van der Waals surface area contributed by atoms with Crippen molar-refractivity contribution in [3.63, 3.8) is 0 Å². The molecular weight excluding hydrogens is 418 g/mol. The standard InChI is InChI=1S/C22H22BrN3O2/c1-3-26(4-2)14-9-10-17-19(11-14)28-20-12-18(24-21(27)13-23)15-7-5-6-8-16(15)22(20)25-17/h5-12,19H,3-4,13H2,1-2H3,(H,24,27). The number of amides is 1. The first kappa shape index (κ1) is 18.7. The van der Waals surface area contributed by atoms with Gasteiger partial charge in [-0.1, -0.05) is 40.2 Å². The maximum absolute atomic E-state index is 12.0. The molecule has 1 amide bonds. The number of nitrogens with zero attached hydrogens (tertiary/aromatic N) is 2. The van der Waals surface area contributed by atoms with E-state index in [-0.39, 0.29) is 17.3 Å². The predicted molar refractivity (Wildman–Crippen MR) is 118 cm³/mol. The fourth-order valence-corrected chi connectivity index (χ4v) is 3.79. The molecule has 1 atom stereocenters. The molecule has 0 saturated heterocycles. The van der Waals surface area contributed by atoms with Gasteiger partial charge in [0.2, 0.25) is 5.91 Å². The van der Waals surface area contributed by atoms with Crippen molar-refractivity contribution in [2.24, 2.45) is 4.99 Å². The molecule has 1 N–H and O–H groups in total. The molecule has 28 heavy (non-hydrogen) atoms. The second-order valence-corrected chi connectivity index (χ2v) is 7.23. The smallest absolute Gasteiger partial charge is 0.235 e. The molecule has 2 aliphatic rings. The molecule has 144 valence electrons. The van der Waals surface area contributed by atoms with E-state index < -0.39 is 0 Å². The third-order valence-corrected chi connectivity index (χ3v) is 5.55. The van der Waals surface area contributed by atoms with Gasteiger partial charge < -0.3 is 15.0 Å². The molecule has 0 spiro atoms. The number of carbonyl (C=O) groups is 1. The van der Waals surface area contributed by atoms with Crippen LogP contribution in [0.25, 0.3) is 10.8 Å². The molecular formula is C22H22BrN3O2. The van der Waals surface area contributed by atoms with Crippen LogP contribution < -0.4 is 10.1 Å². The van der Waals surface area contributed by atoms with Crippen LogP contribution in [0.3, 0.4) is 0 Å². The lowest BCUT2D eigenvalue weighted by Gasteiger charge is -2.30. The summed E-state index contributed by atoms with van der Waals surface area (Å²) in [6.45, 7) is 6.17. The van der Waals surface area contributed by atoms with Crippen molar-refractivity contribution in [3.05, 3.63) is 54.3 Å². The average molecular weight is 440 g/mol. The summed E-state index contributed by atoms with van der Waals surface area (Å²) in [7, 11) is 0. The van der Waals surface area contributed by atoms with E-state index in [0.717, 1.165) is 46.6 Å². The Morgan fingerprint density at radius 2 is 1.96 bits per heavy atom. The summed E-state index contributed by atoms with van der Waals surface area (Å²) >= 11 is 3.21. The number of halogens is 1. The van der Waals surface area contributed by atoms with E-state index in [0.29, 0.717) is 5.75 Å². The molecule has 1 unspecified atom stereocenters. The van der Waals surface area contributed by atoms with Crippen molar-refractivity contribution in [2.75, 3.05) is 23.7 Å². The maximum atomic E-state index is 12.0. The number of hydrogen-bond acceptors (Lipinski definition) is 4. The molecule has 1 aliphatic carbocycles. The molecule has 2 aromatic carbocycles. The van der Waals surface area contributed by atoms with Gasteiger partial charge in [-0.3, -0.25) is 4.79 Å². The zero-order valence-corrected chi connectivity index (χ0v) is 17.5. The van der Waals surface area contributed by atoms with Crippen molar-refractivity contribution >= 4 is 49.7 Å². The van der Waals surface area contributed by atoms with Gasteiger partial charge in [0.05, 0.1) is 16.7 Å². The van der Waals surface area contributed by atoms with Crippen molar-refractivity contribution in [1.82, 2.24) is 4.90 Å². The van der Waals surface area contributed by atoms with Crippen LogP contribution in [0.2, 0.25) is 0 Å². The monoisotopic (exact) mass is 439 g/mol. The normalized spacial score (nSPS) is 17.2. The number of aliphatic imine (C=N–C) groups is 1. The number of nitrogens with one attached hydrogen (secondary N) is 1. The average Bonchev–Trinajstić information content (AvgIpc) is 2.73. The molecule has 0 fully saturated rings. The number of ether oxygens (including phenoxy) is 1. The van der Waals surface area contributed by atoms with Gasteiger partial charge in [-0.15, -0.1) is 0 Å². The first-order valence-electron chi connectivity index (χ1n) is 9.46. The highest BCUT2D eigenvalue weighted by atomic mass is 79.9. The number of likely N-dealkylation sites (N-methyl/N-ethyl adjacent to an activating group) is 1. The van der Waals surface area contributed by atoms with Gasteiger partial charge in [0.1, 0.15) is 11.4 Å². The van der Waals surface area contributed by atoms with Crippen molar-refractivity contribution in [1.29, 1.82) is 0 Å². The summed E-state index contributed by atoms with van der Waals surface area (Å²) in [5.41, 5.74) is 3.58. The van der Waals surface area contributed by atoms with Crippen LogP contribution in [0.5, 0.6) is 5.75 Å². The highest BCUT2D eigenvalue weighted by Gasteiger charge is 2.27. The van der Waals surface area contributed by atoms with Crippen LogP contribution in [0.1, 0.15) is 13.8 Å². The Morgan fingerprint density at radius 1 is 1.21 bits per heavy atom. The summed E-state index contributed by atoms with van der Waals surface area (Å²) in [6.07, 6.45) is 6.02. The largest absolute Gasteiger partial charge is 0.478 e. The Labute approximate surface area is 172 Å². The van der Waals surface area contributed by atoms with Crippen LogP contribution in [-0.2, 0) is 4.79 Å². The minimum absolute atomic E-state index is 0.102. The summed E-state index contributed by atoms with van der Waals surface area (Å²) in [5, 5.41) is 5.10. The van der Waals surface area contributed by atoms with Crippen LogP contribution in [-0.4, -0.2) is 41.0 Å². The van der Waals surface area contributed by atoms with Crippen molar-refractivity contribution in [2.45, 2.75) is 20.0 Å². The Balaban J connectivity index is 1.79. The van der Waals surface area contributed by atoms with E-state index in [9.17, 15) is 4.79 Å². The first-order valence-corrected chi connectivity index (χ1v) is 10.6. The van der Waals surface area contributed by atoms with Gasteiger partial charge >= 0.3 is 0 Å². The molecule has 4 rings (SSSR count). The van der Waals surface area contributed by atoms with Gasteiger partial charge in [-0.25, -0.2) is 4.99 Å². The van der Waals surface area contributed by atoms with Gasteiger partial charge in [0.15, 0.2) is 6.10 Å². The predicted octanol–water partition coefficient (Wildman–Crippen LogP) is 4.80. The molecule has 0 aromatic heterocycles. The second kappa shape index (κ2) is 7.80. The third kappa shape index (κ3) is 3.33. The van der Waals surface area contributed by atoms with Crippen LogP contribution in [0.15, 0.2) is 59.2 Å². The number of hydrogen-bond donors (Lipinski definition) is 1. The van der Waals surface area contributed by atoms with E-state index >= 15 is 0 Å². The SMILES string of the molecule is CCN(CC)C1=CC2Oc3cc(NC(=O)CBr)c4ccccc4c3N=C2C=C1. The molecule has 6 heteroatoms. The molecule has 1 aliphatic heterocycles. The van der Waals surface area contributed by atoms with Crippen molar-refractivity contribution in [3.8, 4) is 5.75 Å². The number of rotatable bonds is 5. The van der Waals surface area contributed by atoms with Crippen LogP contribution >= 0.6 is 15.9 Å². The lowest BCUT2D eigenvalue weighted by atomic mass is 10.0. The van der Waals surface area contributed by atoms with Crippen molar-refractivity contribution < 1.29 is 9.53 Å². The Morgan fingerprint density at radius 3 is 2.68 bits per heavy atom. The molecule has 1 heterocycles. The number of benzene rings is 2. The number of allylic oxidation sites excluding steroid dienone is 1. The fourth-order valence-electron chi connectivity index (χ4n) is 3.65. The molecule has 0 radical (unpaired) electrons. The number of fused-ring (bicyclic) bond motifs is 4. The van der Waals surface area contributed by atoms with E-state index in [2.05, 4.69) is 52.1 Å². The number of carbonyl (C=O) groups excluding carboxylic acids is 1.